The van der Waals surface area contributed by atoms with Crippen LogP contribution in [-0.2, 0) is 16.6 Å². The quantitative estimate of drug-likeness (QED) is 0.879. The molecule has 0 aliphatic heterocycles. The molecular formula is C11H12FN3O2S. The molecule has 96 valence electrons. The van der Waals surface area contributed by atoms with Gasteiger partial charge in [0.25, 0.3) is 0 Å². The van der Waals surface area contributed by atoms with E-state index in [-0.39, 0.29) is 17.0 Å². The van der Waals surface area contributed by atoms with Crippen LogP contribution in [-0.4, -0.2) is 18.4 Å². The molecule has 0 bridgehead atoms. The van der Waals surface area contributed by atoms with Gasteiger partial charge in [0.05, 0.1) is 11.4 Å². The third-order valence-electron chi connectivity index (χ3n) is 2.42. The molecule has 0 spiro atoms. The number of imidazole rings is 1. The van der Waals surface area contributed by atoms with E-state index in [1.165, 1.54) is 25.3 Å². The highest BCUT2D eigenvalue weighted by atomic mass is 32.2. The topological polar surface area (TPSA) is 74.8 Å². The molecular weight excluding hydrogens is 257 g/mol. The minimum absolute atomic E-state index is 0.0351. The van der Waals surface area contributed by atoms with E-state index in [0.717, 1.165) is 6.07 Å². The van der Waals surface area contributed by atoms with E-state index in [4.69, 9.17) is 0 Å². The lowest BCUT2D eigenvalue weighted by molar-refractivity contribution is 0.578. The number of sulfonamides is 1. The fraction of sp³-hybridized carbons (Fsp3) is 0.182. The standard InChI is InChI=1S/C11H12FN3O2S/c1-8-6-9(2-3-10(8)12)18(16,17)15-7-11-13-4-5-14-11/h2-6,15H,7H2,1H3,(H,13,14). The Balaban J connectivity index is 2.17. The highest BCUT2D eigenvalue weighted by Gasteiger charge is 2.15. The maximum absolute atomic E-state index is 13.1. The van der Waals surface area contributed by atoms with Crippen LogP contribution in [0.1, 0.15) is 11.4 Å². The van der Waals surface area contributed by atoms with E-state index in [1.807, 2.05) is 0 Å². The van der Waals surface area contributed by atoms with Crippen molar-refractivity contribution in [1.82, 2.24) is 14.7 Å². The Morgan fingerprint density at radius 1 is 1.44 bits per heavy atom. The van der Waals surface area contributed by atoms with Crippen molar-refractivity contribution in [3.05, 3.63) is 47.8 Å². The lowest BCUT2D eigenvalue weighted by atomic mass is 10.2. The van der Waals surface area contributed by atoms with Crippen molar-refractivity contribution < 1.29 is 12.8 Å². The fourth-order valence-corrected chi connectivity index (χ4v) is 2.50. The number of hydrogen-bond acceptors (Lipinski definition) is 3. The fourth-order valence-electron chi connectivity index (χ4n) is 1.43. The van der Waals surface area contributed by atoms with Crippen LogP contribution in [0.2, 0.25) is 0 Å². The second kappa shape index (κ2) is 4.87. The van der Waals surface area contributed by atoms with Crippen LogP contribution in [0.3, 0.4) is 0 Å². The van der Waals surface area contributed by atoms with Gasteiger partial charge in [-0.05, 0) is 30.7 Å². The summed E-state index contributed by atoms with van der Waals surface area (Å²) < 4.78 is 39.3. The van der Waals surface area contributed by atoms with E-state index >= 15 is 0 Å². The van der Waals surface area contributed by atoms with Crippen molar-refractivity contribution in [3.63, 3.8) is 0 Å². The molecule has 0 radical (unpaired) electrons. The van der Waals surface area contributed by atoms with Gasteiger partial charge in [-0.3, -0.25) is 0 Å². The predicted octanol–water partition coefficient (Wildman–Crippen LogP) is 1.34. The summed E-state index contributed by atoms with van der Waals surface area (Å²) in [4.78, 5) is 6.72. The zero-order valence-electron chi connectivity index (χ0n) is 9.64. The number of nitrogens with zero attached hydrogens (tertiary/aromatic N) is 1. The van der Waals surface area contributed by atoms with Gasteiger partial charge in [-0.25, -0.2) is 22.5 Å². The summed E-state index contributed by atoms with van der Waals surface area (Å²) in [6.07, 6.45) is 3.14. The van der Waals surface area contributed by atoms with Crippen molar-refractivity contribution in [2.24, 2.45) is 0 Å². The molecule has 2 rings (SSSR count). The van der Waals surface area contributed by atoms with E-state index in [2.05, 4.69) is 14.7 Å². The molecule has 0 unspecified atom stereocenters. The summed E-state index contributed by atoms with van der Waals surface area (Å²) in [6.45, 7) is 1.58. The molecule has 0 saturated heterocycles. The smallest absolute Gasteiger partial charge is 0.240 e. The number of aryl methyl sites for hydroxylation is 1. The average molecular weight is 269 g/mol. The van der Waals surface area contributed by atoms with E-state index in [9.17, 15) is 12.8 Å². The molecule has 2 aromatic rings. The lowest BCUT2D eigenvalue weighted by Gasteiger charge is -2.06. The van der Waals surface area contributed by atoms with Crippen molar-refractivity contribution in [3.8, 4) is 0 Å². The van der Waals surface area contributed by atoms with E-state index < -0.39 is 15.8 Å². The molecule has 5 nitrogen and oxygen atoms in total. The molecule has 0 fully saturated rings. The molecule has 0 aliphatic carbocycles. The second-order valence-electron chi connectivity index (χ2n) is 3.77. The number of halogens is 1. The molecule has 1 heterocycles. The average Bonchev–Trinajstić information content (AvgIpc) is 2.83. The largest absolute Gasteiger partial charge is 0.347 e. The van der Waals surface area contributed by atoms with Gasteiger partial charge >= 0.3 is 0 Å². The van der Waals surface area contributed by atoms with E-state index in [0.29, 0.717) is 5.82 Å². The maximum Gasteiger partial charge on any atom is 0.240 e. The molecule has 18 heavy (non-hydrogen) atoms. The number of aromatic nitrogens is 2. The Hall–Kier alpha value is -1.73. The molecule has 2 N–H and O–H groups in total. The normalized spacial score (nSPS) is 11.7. The van der Waals surface area contributed by atoms with Crippen molar-refractivity contribution >= 4 is 10.0 Å². The number of rotatable bonds is 4. The highest BCUT2D eigenvalue weighted by molar-refractivity contribution is 7.89. The van der Waals surface area contributed by atoms with Gasteiger partial charge in [-0.1, -0.05) is 0 Å². The van der Waals surface area contributed by atoms with Crippen molar-refractivity contribution in [2.45, 2.75) is 18.4 Å². The minimum atomic E-state index is -3.65. The molecule has 1 aromatic carbocycles. The van der Waals surface area contributed by atoms with Gasteiger partial charge in [0.1, 0.15) is 11.6 Å². The third-order valence-corrected chi connectivity index (χ3v) is 3.82. The van der Waals surface area contributed by atoms with Gasteiger partial charge in [0, 0.05) is 12.4 Å². The Morgan fingerprint density at radius 3 is 2.83 bits per heavy atom. The van der Waals surface area contributed by atoms with Crippen LogP contribution in [0.5, 0.6) is 0 Å². The summed E-state index contributed by atoms with van der Waals surface area (Å²) in [6, 6.07) is 3.66. The van der Waals surface area contributed by atoms with Crippen LogP contribution >= 0.6 is 0 Å². The minimum Gasteiger partial charge on any atom is -0.347 e. The first-order valence-corrected chi connectivity index (χ1v) is 6.71. The maximum atomic E-state index is 13.1. The third kappa shape index (κ3) is 2.74. The van der Waals surface area contributed by atoms with Crippen LogP contribution in [0.15, 0.2) is 35.5 Å². The Morgan fingerprint density at radius 2 is 2.22 bits per heavy atom. The zero-order chi connectivity index (χ0) is 13.2. The number of H-pyrrole nitrogens is 1. The van der Waals surface area contributed by atoms with Crippen LogP contribution < -0.4 is 4.72 Å². The highest BCUT2D eigenvalue weighted by Crippen LogP contribution is 2.14. The summed E-state index contributed by atoms with van der Waals surface area (Å²) >= 11 is 0. The van der Waals surface area contributed by atoms with Gasteiger partial charge in [0.2, 0.25) is 10.0 Å². The molecule has 0 amide bonds. The second-order valence-corrected chi connectivity index (χ2v) is 5.54. The molecule has 0 saturated carbocycles. The lowest BCUT2D eigenvalue weighted by Crippen LogP contribution is -2.24. The Bertz CT molecular complexity index is 638. The first-order chi connectivity index (χ1) is 8.49. The summed E-state index contributed by atoms with van der Waals surface area (Å²) in [5.41, 5.74) is 0.288. The SMILES string of the molecule is Cc1cc(S(=O)(=O)NCc2ncc[nH]2)ccc1F. The van der Waals surface area contributed by atoms with Gasteiger partial charge < -0.3 is 4.98 Å². The first kappa shape index (κ1) is 12.7. The van der Waals surface area contributed by atoms with Crippen LogP contribution in [0.4, 0.5) is 4.39 Å². The van der Waals surface area contributed by atoms with Gasteiger partial charge in [-0.2, -0.15) is 0 Å². The zero-order valence-corrected chi connectivity index (χ0v) is 10.5. The van der Waals surface area contributed by atoms with E-state index in [1.54, 1.807) is 6.20 Å². The van der Waals surface area contributed by atoms with Gasteiger partial charge in [0.15, 0.2) is 0 Å². The monoisotopic (exact) mass is 269 g/mol. The molecule has 7 heteroatoms. The number of hydrogen-bond donors (Lipinski definition) is 2. The van der Waals surface area contributed by atoms with Gasteiger partial charge in [-0.15, -0.1) is 0 Å². The predicted molar refractivity (Wildman–Crippen MR) is 63.8 cm³/mol. The van der Waals surface area contributed by atoms with Crippen LogP contribution in [0.25, 0.3) is 0 Å². The Labute approximate surface area is 104 Å². The molecule has 1 aromatic heterocycles. The summed E-state index contributed by atoms with van der Waals surface area (Å²) in [7, 11) is -3.65. The summed E-state index contributed by atoms with van der Waals surface area (Å²) in [5.74, 6) is 0.0809. The number of nitrogens with one attached hydrogen (secondary N) is 2. The molecule has 0 atom stereocenters. The molecule has 0 aliphatic rings. The van der Waals surface area contributed by atoms with Crippen molar-refractivity contribution in [1.29, 1.82) is 0 Å². The van der Waals surface area contributed by atoms with Crippen molar-refractivity contribution in [2.75, 3.05) is 0 Å². The first-order valence-electron chi connectivity index (χ1n) is 5.23. The Kier molecular flexibility index (Phi) is 3.44. The number of aromatic amines is 1. The number of benzene rings is 1. The van der Waals surface area contributed by atoms with Crippen LogP contribution in [0, 0.1) is 12.7 Å². The summed E-state index contributed by atoms with van der Waals surface area (Å²) in [5, 5.41) is 0.